The van der Waals surface area contributed by atoms with E-state index in [1.54, 1.807) is 9.47 Å². The summed E-state index contributed by atoms with van der Waals surface area (Å²) in [6, 6.07) is -0.467. The molecule has 1 aliphatic carbocycles. The number of carbonyl (C=O) groups excluding carboxylic acids is 2. The number of rotatable bonds is 12. The van der Waals surface area contributed by atoms with Gasteiger partial charge in [-0.1, -0.05) is 6.42 Å². The van der Waals surface area contributed by atoms with E-state index in [9.17, 15) is 24.3 Å². The van der Waals surface area contributed by atoms with Gasteiger partial charge in [0.05, 0.1) is 30.6 Å². The SMILES string of the molecule is COc1c(N2CCCC(=C(F)CNC(=O)[C@@H]3CCCN3C(=O)[C@@H](N)CCCCN)C2)c(F)cc2c(=O)c(C(=O)O)cn(C3CC3)c12. The lowest BCUT2D eigenvalue weighted by molar-refractivity contribution is -0.139. The number of aromatic nitrogens is 1. The number of hydrogen-bond donors (Lipinski definition) is 4. The monoisotopic (exact) mass is 644 g/mol. The lowest BCUT2D eigenvalue weighted by Gasteiger charge is -2.33. The number of methoxy groups -OCH3 is 1. The number of fused-ring (bicyclic) bond motifs is 1. The summed E-state index contributed by atoms with van der Waals surface area (Å²) in [4.78, 5) is 53.9. The van der Waals surface area contributed by atoms with Crippen LogP contribution in [-0.2, 0) is 9.59 Å². The third-order valence-electron chi connectivity index (χ3n) is 9.10. The standard InChI is InChI=1S/C32H42F2N6O6/c1-46-29-26-20(28(41)21(32(44)45)17-40(26)19-9-10-19)14-22(33)27(29)38-12-4-6-18(16-38)23(34)15-37-30(42)25-8-5-13-39(25)31(43)24(36)7-2-3-11-35/h14,17,19,24-25H,2-13,15-16,35-36H2,1H3,(H,37,42)(H,44,45)/t24-,25-/m0/s1. The maximum absolute atomic E-state index is 15.8. The van der Waals surface area contributed by atoms with Crippen LogP contribution >= 0.6 is 0 Å². The molecular formula is C32H42F2N6O6. The van der Waals surface area contributed by atoms with Crippen LogP contribution in [0.5, 0.6) is 5.75 Å². The first-order chi connectivity index (χ1) is 22.1. The van der Waals surface area contributed by atoms with Gasteiger partial charge in [-0.3, -0.25) is 14.4 Å². The van der Waals surface area contributed by atoms with Crippen molar-refractivity contribution in [2.75, 3.05) is 44.7 Å². The number of benzene rings is 1. The summed E-state index contributed by atoms with van der Waals surface area (Å²) in [5.41, 5.74) is 11.1. The molecule has 0 bridgehead atoms. The van der Waals surface area contributed by atoms with Crippen LogP contribution in [0.25, 0.3) is 10.9 Å². The maximum Gasteiger partial charge on any atom is 0.341 e. The van der Waals surface area contributed by atoms with Gasteiger partial charge < -0.3 is 41.0 Å². The molecule has 2 saturated heterocycles. The van der Waals surface area contributed by atoms with Crippen molar-refractivity contribution in [1.29, 1.82) is 0 Å². The number of halogens is 2. The second kappa shape index (κ2) is 14.2. The lowest BCUT2D eigenvalue weighted by Crippen LogP contribution is -2.51. The molecule has 2 amide bonds. The van der Waals surface area contributed by atoms with Crippen molar-refractivity contribution in [1.82, 2.24) is 14.8 Å². The first kappa shape index (κ1) is 33.3. The zero-order valence-corrected chi connectivity index (χ0v) is 26.0. The van der Waals surface area contributed by atoms with Gasteiger partial charge in [0.1, 0.15) is 23.1 Å². The van der Waals surface area contributed by atoms with Gasteiger partial charge >= 0.3 is 5.97 Å². The fourth-order valence-corrected chi connectivity index (χ4v) is 6.56. The number of likely N-dealkylation sites (tertiary alicyclic amines) is 1. The molecule has 6 N–H and O–H groups in total. The number of piperidine rings is 1. The zero-order valence-electron chi connectivity index (χ0n) is 26.0. The van der Waals surface area contributed by atoms with Gasteiger partial charge in [0, 0.05) is 31.9 Å². The summed E-state index contributed by atoms with van der Waals surface area (Å²) in [6.45, 7) is 0.947. The maximum atomic E-state index is 15.8. The van der Waals surface area contributed by atoms with E-state index in [0.717, 1.165) is 25.3 Å². The third-order valence-corrected chi connectivity index (χ3v) is 9.10. The predicted octanol–water partition coefficient (Wildman–Crippen LogP) is 2.57. The molecule has 250 valence electrons. The lowest BCUT2D eigenvalue weighted by atomic mass is 10.0. The average molecular weight is 645 g/mol. The molecule has 3 fully saturated rings. The highest BCUT2D eigenvalue weighted by Gasteiger charge is 2.36. The van der Waals surface area contributed by atoms with Gasteiger partial charge in [0.25, 0.3) is 0 Å². The molecule has 0 radical (unpaired) electrons. The predicted molar refractivity (Wildman–Crippen MR) is 168 cm³/mol. The molecule has 1 saturated carbocycles. The molecule has 1 aromatic carbocycles. The number of pyridine rings is 1. The summed E-state index contributed by atoms with van der Waals surface area (Å²) >= 11 is 0. The number of hydrogen-bond acceptors (Lipinski definition) is 8. The summed E-state index contributed by atoms with van der Waals surface area (Å²) < 4.78 is 38.7. The number of nitrogens with one attached hydrogen (secondary N) is 1. The first-order valence-electron chi connectivity index (χ1n) is 15.9. The molecule has 2 aromatic rings. The molecular weight excluding hydrogens is 602 g/mol. The normalized spacial score (nSPS) is 20.2. The summed E-state index contributed by atoms with van der Waals surface area (Å²) in [5, 5.41) is 12.1. The molecule has 12 nitrogen and oxygen atoms in total. The highest BCUT2D eigenvalue weighted by Crippen LogP contribution is 2.44. The Labute approximate surface area is 265 Å². The van der Waals surface area contributed by atoms with Crippen LogP contribution in [0.4, 0.5) is 14.5 Å². The molecule has 14 heteroatoms. The Morgan fingerprint density at radius 1 is 1.17 bits per heavy atom. The van der Waals surface area contributed by atoms with E-state index in [0.29, 0.717) is 69.2 Å². The van der Waals surface area contributed by atoms with Gasteiger partial charge in [-0.05, 0) is 69.6 Å². The van der Waals surface area contributed by atoms with Gasteiger partial charge in [0.2, 0.25) is 17.2 Å². The van der Waals surface area contributed by atoms with E-state index in [4.69, 9.17) is 16.2 Å². The van der Waals surface area contributed by atoms with Crippen LogP contribution in [0, 0.1) is 5.82 Å². The number of unbranched alkanes of at least 4 members (excludes halogenated alkanes) is 1. The van der Waals surface area contributed by atoms with Crippen LogP contribution < -0.4 is 31.8 Å². The van der Waals surface area contributed by atoms with Gasteiger partial charge in [-0.2, -0.15) is 0 Å². The fraction of sp³-hybridized carbons (Fsp3) is 0.562. The second-order valence-electron chi connectivity index (χ2n) is 12.3. The van der Waals surface area contributed by atoms with Crippen molar-refractivity contribution < 1.29 is 33.0 Å². The first-order valence-corrected chi connectivity index (χ1v) is 15.9. The minimum atomic E-state index is -1.40. The Balaban J connectivity index is 1.34. The number of nitrogens with zero attached hydrogens (tertiary/aromatic N) is 3. The van der Waals surface area contributed by atoms with Gasteiger partial charge in [0.15, 0.2) is 11.6 Å². The summed E-state index contributed by atoms with van der Waals surface area (Å²) in [7, 11) is 1.35. The van der Waals surface area contributed by atoms with Crippen molar-refractivity contribution in [3.05, 3.63) is 45.3 Å². The van der Waals surface area contributed by atoms with Crippen molar-refractivity contribution in [3.63, 3.8) is 0 Å². The number of carboxylic acid groups (broad SMARTS) is 1. The van der Waals surface area contributed by atoms with Crippen LogP contribution in [0.2, 0.25) is 0 Å². The van der Waals surface area contributed by atoms with Crippen LogP contribution in [-0.4, -0.2) is 84.3 Å². The molecule has 2 aliphatic heterocycles. The minimum absolute atomic E-state index is 0.0209. The molecule has 1 aromatic heterocycles. The van der Waals surface area contributed by atoms with E-state index in [1.165, 1.54) is 18.2 Å². The number of ether oxygens (including phenoxy) is 1. The van der Waals surface area contributed by atoms with Gasteiger partial charge in [-0.25, -0.2) is 13.6 Å². The Bertz CT molecular complexity index is 1610. The highest BCUT2D eigenvalue weighted by atomic mass is 19.1. The highest BCUT2D eigenvalue weighted by molar-refractivity contribution is 5.97. The van der Waals surface area contributed by atoms with Crippen LogP contribution in [0.3, 0.4) is 0 Å². The fourth-order valence-electron chi connectivity index (χ4n) is 6.56. The number of aromatic carboxylic acids is 1. The Kier molecular flexibility index (Phi) is 10.3. The Morgan fingerprint density at radius 3 is 2.61 bits per heavy atom. The molecule has 46 heavy (non-hydrogen) atoms. The van der Waals surface area contributed by atoms with Crippen molar-refractivity contribution in [2.24, 2.45) is 11.5 Å². The summed E-state index contributed by atoms with van der Waals surface area (Å²) in [6.07, 6.45) is 6.77. The summed E-state index contributed by atoms with van der Waals surface area (Å²) in [5.74, 6) is -3.40. The molecule has 0 unspecified atom stereocenters. The van der Waals surface area contributed by atoms with Crippen molar-refractivity contribution >= 4 is 34.4 Å². The zero-order chi connectivity index (χ0) is 33.1. The van der Waals surface area contributed by atoms with Crippen LogP contribution in [0.1, 0.15) is 74.2 Å². The van der Waals surface area contributed by atoms with Gasteiger partial charge in [-0.15, -0.1) is 0 Å². The molecule has 5 rings (SSSR count). The third kappa shape index (κ3) is 6.73. The number of anilines is 1. The van der Waals surface area contributed by atoms with Crippen LogP contribution in [0.15, 0.2) is 28.5 Å². The topological polar surface area (TPSA) is 173 Å². The number of carbonyl (C=O) groups is 3. The van der Waals surface area contributed by atoms with Crippen molar-refractivity contribution in [2.45, 2.75) is 75.9 Å². The largest absolute Gasteiger partial charge is 0.492 e. The average Bonchev–Trinajstić information content (AvgIpc) is 3.77. The smallest absolute Gasteiger partial charge is 0.341 e. The van der Waals surface area contributed by atoms with E-state index >= 15 is 8.78 Å². The molecule has 3 heterocycles. The number of nitrogens with two attached hydrogens (primary N) is 2. The molecule has 3 aliphatic rings. The van der Waals surface area contributed by atoms with Crippen molar-refractivity contribution in [3.8, 4) is 5.75 Å². The molecule has 2 atom stereocenters. The van der Waals surface area contributed by atoms with E-state index in [2.05, 4.69) is 5.32 Å². The minimum Gasteiger partial charge on any atom is -0.492 e. The van der Waals surface area contributed by atoms with E-state index in [1.807, 2.05) is 0 Å². The quantitative estimate of drug-likeness (QED) is 0.253. The number of amides is 2. The molecule has 0 spiro atoms. The Morgan fingerprint density at radius 2 is 1.93 bits per heavy atom. The number of carboxylic acids is 1. The second-order valence-corrected chi connectivity index (χ2v) is 12.3. The Hall–Kier alpha value is -4.04. The van der Waals surface area contributed by atoms with E-state index < -0.39 is 46.6 Å². The van der Waals surface area contributed by atoms with E-state index in [-0.39, 0.29) is 41.9 Å².